The molecule has 10 heteroatoms. The molecule has 0 aliphatic rings. The van der Waals surface area contributed by atoms with Crippen LogP contribution in [0.2, 0.25) is 0 Å². The molecule has 1 amide bonds. The van der Waals surface area contributed by atoms with Gasteiger partial charge in [-0.1, -0.05) is 50.2 Å². The van der Waals surface area contributed by atoms with E-state index in [1.165, 1.54) is 16.8 Å². The van der Waals surface area contributed by atoms with Gasteiger partial charge in [0.2, 0.25) is 5.91 Å². The minimum atomic E-state index is -0.545. The van der Waals surface area contributed by atoms with Gasteiger partial charge in [0.1, 0.15) is 35.0 Å². The largest absolute Gasteiger partial charge is 0.456 e. The Labute approximate surface area is 263 Å². The molecule has 7 rings (SSSR count). The summed E-state index contributed by atoms with van der Waals surface area (Å²) >= 11 is 0. The minimum absolute atomic E-state index is 0.0628. The number of nitrogens with one attached hydrogen (secondary N) is 3. The lowest BCUT2D eigenvalue weighted by atomic mass is 9.94. The molecule has 4 aromatic heterocycles. The number of carbonyl (C=O) groups excluding carboxylic acids is 1. The number of aromatic amines is 1. The summed E-state index contributed by atoms with van der Waals surface area (Å²) in [5.41, 5.74) is 4.07. The van der Waals surface area contributed by atoms with Gasteiger partial charge in [0.15, 0.2) is 0 Å². The molecular formula is C36H31FN6O3. The van der Waals surface area contributed by atoms with Crippen LogP contribution in [0.25, 0.3) is 44.2 Å². The van der Waals surface area contributed by atoms with E-state index in [0.29, 0.717) is 0 Å². The van der Waals surface area contributed by atoms with Gasteiger partial charge in [-0.25, -0.2) is 9.37 Å². The molecule has 3 aromatic carbocycles. The number of para-hydroxylation sites is 1. The zero-order valence-electron chi connectivity index (χ0n) is 25.3. The van der Waals surface area contributed by atoms with Crippen molar-refractivity contribution >= 4 is 44.4 Å². The number of rotatable bonds is 9. The topological polar surface area (TPSA) is 118 Å². The Hall–Kier alpha value is -5.77. The lowest BCUT2D eigenvalue weighted by Gasteiger charge is -2.24. The summed E-state index contributed by atoms with van der Waals surface area (Å²) in [4.78, 5) is 39.2. The fourth-order valence-corrected chi connectivity index (χ4v) is 5.86. The van der Waals surface area contributed by atoms with E-state index in [0.717, 1.165) is 44.1 Å². The first kappa shape index (κ1) is 29.0. The number of hydrogen-bond donors (Lipinski definition) is 3. The Bertz CT molecular complexity index is 2250. The molecule has 0 aliphatic carbocycles. The number of nitrogens with zero attached hydrogens (tertiary/aromatic N) is 3. The number of hydrogen-bond acceptors (Lipinski definition) is 6. The summed E-state index contributed by atoms with van der Waals surface area (Å²) in [5.74, 6) is -0.831. The number of halogens is 1. The first-order valence-corrected chi connectivity index (χ1v) is 15.1. The van der Waals surface area contributed by atoms with Gasteiger partial charge in [-0.15, -0.1) is 0 Å². The monoisotopic (exact) mass is 614 g/mol. The Morgan fingerprint density at radius 1 is 0.978 bits per heavy atom. The molecule has 4 heterocycles. The summed E-state index contributed by atoms with van der Waals surface area (Å²) in [5, 5.41) is 9.16. The maximum Gasteiger partial charge on any atom is 0.277 e. The van der Waals surface area contributed by atoms with Crippen molar-refractivity contribution in [1.82, 2.24) is 24.8 Å². The third kappa shape index (κ3) is 5.49. The van der Waals surface area contributed by atoms with Crippen LogP contribution in [0.5, 0.6) is 0 Å². The Balaban J connectivity index is 1.21. The van der Waals surface area contributed by atoms with E-state index in [4.69, 9.17) is 4.42 Å². The highest BCUT2D eigenvalue weighted by molar-refractivity contribution is 6.05. The van der Waals surface area contributed by atoms with Gasteiger partial charge < -0.3 is 20.0 Å². The molecular weight excluding hydrogens is 583 g/mol. The molecule has 0 bridgehead atoms. The van der Waals surface area contributed by atoms with Crippen molar-refractivity contribution in [2.45, 2.75) is 33.0 Å². The van der Waals surface area contributed by atoms with E-state index < -0.39 is 17.3 Å². The zero-order chi connectivity index (χ0) is 31.8. The standard InChI is InChI=1S/C36H31FN6O3/c1-21(2)34(22-11-12-32-27(16-22)25-7-4-6-10-31(25)46-32)42-30-19-40-35(26-8-3-5-9-28(26)37)43(36(30)45)20-33(44)39-18-24-15-23-17-38-14-13-29(23)41-24/h3-17,19,21,34,41-42H,18,20H2,1-2H3,(H,39,44)/t34-/m1/s1. The molecule has 9 nitrogen and oxygen atoms in total. The van der Waals surface area contributed by atoms with Crippen molar-refractivity contribution in [3.05, 3.63) is 125 Å². The quantitative estimate of drug-likeness (QED) is 0.162. The van der Waals surface area contributed by atoms with E-state index in [1.54, 1.807) is 30.6 Å². The first-order chi connectivity index (χ1) is 22.4. The predicted molar refractivity (Wildman–Crippen MR) is 177 cm³/mol. The van der Waals surface area contributed by atoms with Crippen LogP contribution in [0, 0.1) is 11.7 Å². The maximum atomic E-state index is 15.0. The molecule has 7 aromatic rings. The van der Waals surface area contributed by atoms with E-state index in [9.17, 15) is 14.0 Å². The second-order valence-electron chi connectivity index (χ2n) is 11.6. The normalized spacial score (nSPS) is 12.3. The Morgan fingerprint density at radius 3 is 2.61 bits per heavy atom. The summed E-state index contributed by atoms with van der Waals surface area (Å²) in [6, 6.07) is 23.4. The van der Waals surface area contributed by atoms with Crippen molar-refractivity contribution in [3.63, 3.8) is 0 Å². The molecule has 3 N–H and O–H groups in total. The summed E-state index contributed by atoms with van der Waals surface area (Å²) in [6.45, 7) is 3.97. The van der Waals surface area contributed by atoms with Gasteiger partial charge in [0.25, 0.3) is 5.56 Å². The van der Waals surface area contributed by atoms with Crippen molar-refractivity contribution < 1.29 is 13.6 Å². The number of benzene rings is 3. The van der Waals surface area contributed by atoms with Gasteiger partial charge in [0, 0.05) is 39.8 Å². The number of amides is 1. The van der Waals surface area contributed by atoms with Crippen LogP contribution in [-0.4, -0.2) is 25.4 Å². The molecule has 0 radical (unpaired) electrons. The molecule has 0 spiro atoms. The fourth-order valence-electron chi connectivity index (χ4n) is 5.86. The molecule has 0 unspecified atom stereocenters. The van der Waals surface area contributed by atoms with Gasteiger partial charge in [-0.3, -0.25) is 19.1 Å². The van der Waals surface area contributed by atoms with Crippen LogP contribution in [0.4, 0.5) is 10.1 Å². The third-order valence-electron chi connectivity index (χ3n) is 8.15. The Morgan fingerprint density at radius 2 is 1.78 bits per heavy atom. The second-order valence-corrected chi connectivity index (χ2v) is 11.6. The summed E-state index contributed by atoms with van der Waals surface area (Å²) in [7, 11) is 0. The Kier molecular flexibility index (Phi) is 7.53. The smallest absolute Gasteiger partial charge is 0.277 e. The second kappa shape index (κ2) is 12.0. The van der Waals surface area contributed by atoms with E-state index in [2.05, 4.69) is 45.5 Å². The molecule has 0 saturated heterocycles. The zero-order valence-corrected chi connectivity index (χ0v) is 25.3. The number of anilines is 1. The SMILES string of the molecule is CC(C)[C@@H](Nc1cnc(-c2ccccc2F)n(CC(=O)NCc2cc3cnccc3[nH]2)c1=O)c1ccc2oc3ccccc3c2c1. The highest BCUT2D eigenvalue weighted by Gasteiger charge is 2.22. The van der Waals surface area contributed by atoms with Crippen molar-refractivity contribution in [2.75, 3.05) is 5.32 Å². The summed E-state index contributed by atoms with van der Waals surface area (Å²) in [6.07, 6.45) is 4.84. The molecule has 0 saturated carbocycles. The number of H-pyrrole nitrogens is 1. The van der Waals surface area contributed by atoms with Crippen LogP contribution in [0.15, 0.2) is 107 Å². The number of aromatic nitrogens is 4. The van der Waals surface area contributed by atoms with Crippen LogP contribution >= 0.6 is 0 Å². The summed E-state index contributed by atoms with van der Waals surface area (Å²) < 4.78 is 22.2. The molecule has 0 aliphatic heterocycles. The number of furan rings is 1. The van der Waals surface area contributed by atoms with Crippen LogP contribution in [0.1, 0.15) is 31.1 Å². The molecule has 0 fully saturated rings. The number of carbonyl (C=O) groups is 1. The van der Waals surface area contributed by atoms with Gasteiger partial charge in [-0.05, 0) is 53.9 Å². The van der Waals surface area contributed by atoms with Crippen molar-refractivity contribution in [3.8, 4) is 11.4 Å². The maximum absolute atomic E-state index is 15.0. The van der Waals surface area contributed by atoms with Gasteiger partial charge >= 0.3 is 0 Å². The average molecular weight is 615 g/mol. The lowest BCUT2D eigenvalue weighted by molar-refractivity contribution is -0.121. The highest BCUT2D eigenvalue weighted by Crippen LogP contribution is 2.33. The highest BCUT2D eigenvalue weighted by atomic mass is 19.1. The van der Waals surface area contributed by atoms with E-state index in [-0.39, 0.29) is 42.1 Å². The van der Waals surface area contributed by atoms with Crippen molar-refractivity contribution in [2.24, 2.45) is 5.92 Å². The molecule has 46 heavy (non-hydrogen) atoms. The van der Waals surface area contributed by atoms with Crippen LogP contribution in [0.3, 0.4) is 0 Å². The fraction of sp³-hybridized carbons (Fsp3) is 0.167. The van der Waals surface area contributed by atoms with Crippen molar-refractivity contribution in [1.29, 1.82) is 0 Å². The lowest BCUT2D eigenvalue weighted by Crippen LogP contribution is -2.35. The van der Waals surface area contributed by atoms with Gasteiger partial charge in [-0.2, -0.15) is 0 Å². The third-order valence-corrected chi connectivity index (χ3v) is 8.15. The van der Waals surface area contributed by atoms with E-state index in [1.807, 2.05) is 48.5 Å². The number of fused-ring (bicyclic) bond motifs is 4. The molecule has 230 valence electrons. The minimum Gasteiger partial charge on any atom is -0.456 e. The predicted octanol–water partition coefficient (Wildman–Crippen LogP) is 6.95. The first-order valence-electron chi connectivity index (χ1n) is 15.1. The average Bonchev–Trinajstić information content (AvgIpc) is 3.65. The van der Waals surface area contributed by atoms with E-state index >= 15 is 0 Å². The molecule has 1 atom stereocenters. The number of pyridine rings is 1. The van der Waals surface area contributed by atoms with Crippen LogP contribution < -0.4 is 16.2 Å². The van der Waals surface area contributed by atoms with Crippen LogP contribution in [-0.2, 0) is 17.9 Å². The van der Waals surface area contributed by atoms with Gasteiger partial charge in [0.05, 0.1) is 24.3 Å².